The molecule has 1 atom stereocenters. The molecule has 0 aromatic heterocycles. The predicted octanol–water partition coefficient (Wildman–Crippen LogP) is 4.47. The summed E-state index contributed by atoms with van der Waals surface area (Å²) in [5.41, 5.74) is 0.707. The molecule has 0 saturated heterocycles. The van der Waals surface area contributed by atoms with Crippen LogP contribution in [0.1, 0.15) is 51.5 Å². The zero-order valence-corrected chi connectivity index (χ0v) is 11.2. The van der Waals surface area contributed by atoms with Crippen molar-refractivity contribution in [3.05, 3.63) is 29.6 Å². The Kier molecular flexibility index (Phi) is 6.21. The first kappa shape index (κ1) is 14.5. The van der Waals surface area contributed by atoms with Crippen LogP contribution < -0.4 is 5.32 Å². The van der Waals surface area contributed by atoms with Crippen LogP contribution in [0.2, 0.25) is 0 Å². The maximum absolute atomic E-state index is 13.4. The van der Waals surface area contributed by atoms with Crippen molar-refractivity contribution in [2.75, 3.05) is 5.32 Å². The number of rotatable bonds is 7. The zero-order chi connectivity index (χ0) is 13.4. The maximum atomic E-state index is 13.4. The molecular weight excluding hydrogens is 227 g/mol. The molecule has 0 fully saturated rings. The van der Waals surface area contributed by atoms with E-state index in [1.807, 2.05) is 6.07 Å². The van der Waals surface area contributed by atoms with Gasteiger partial charge in [-0.15, -0.1) is 0 Å². The average molecular weight is 248 g/mol. The van der Waals surface area contributed by atoms with Crippen LogP contribution in [-0.4, -0.2) is 6.04 Å². The van der Waals surface area contributed by atoms with E-state index in [2.05, 4.69) is 19.2 Å². The van der Waals surface area contributed by atoms with Gasteiger partial charge in [0, 0.05) is 6.04 Å². The van der Waals surface area contributed by atoms with Crippen molar-refractivity contribution < 1.29 is 4.39 Å². The molecule has 2 nitrogen and oxygen atoms in total. The monoisotopic (exact) mass is 248 g/mol. The normalized spacial score (nSPS) is 11.9. The highest BCUT2D eigenvalue weighted by Crippen LogP contribution is 2.19. The number of nitrogens with zero attached hydrogens (tertiary/aromatic N) is 1. The van der Waals surface area contributed by atoms with E-state index in [0.29, 0.717) is 5.69 Å². The summed E-state index contributed by atoms with van der Waals surface area (Å²) in [5, 5.41) is 12.1. The lowest BCUT2D eigenvalue weighted by atomic mass is 10.1. The van der Waals surface area contributed by atoms with E-state index in [9.17, 15) is 4.39 Å². The zero-order valence-electron chi connectivity index (χ0n) is 11.2. The van der Waals surface area contributed by atoms with Gasteiger partial charge in [-0.3, -0.25) is 0 Å². The SMILES string of the molecule is CCCCCCC(C)Nc1cccc(F)c1C#N. The average Bonchev–Trinajstić information content (AvgIpc) is 2.35. The summed E-state index contributed by atoms with van der Waals surface area (Å²) < 4.78 is 13.4. The van der Waals surface area contributed by atoms with Crippen molar-refractivity contribution in [2.45, 2.75) is 52.0 Å². The number of benzene rings is 1. The number of anilines is 1. The molecule has 0 aliphatic heterocycles. The van der Waals surface area contributed by atoms with Crippen LogP contribution in [0.25, 0.3) is 0 Å². The molecule has 0 aliphatic carbocycles. The summed E-state index contributed by atoms with van der Waals surface area (Å²) in [7, 11) is 0. The Bertz CT molecular complexity index is 409. The molecule has 3 heteroatoms. The smallest absolute Gasteiger partial charge is 0.143 e. The third-order valence-electron chi connectivity index (χ3n) is 3.02. The highest BCUT2D eigenvalue weighted by molar-refractivity contribution is 5.58. The third-order valence-corrected chi connectivity index (χ3v) is 3.02. The first-order chi connectivity index (χ1) is 8.69. The van der Waals surface area contributed by atoms with E-state index in [1.54, 1.807) is 12.1 Å². The lowest BCUT2D eigenvalue weighted by Crippen LogP contribution is -2.16. The van der Waals surface area contributed by atoms with E-state index in [1.165, 1.54) is 31.7 Å². The Hall–Kier alpha value is -1.56. The first-order valence-electron chi connectivity index (χ1n) is 6.64. The van der Waals surface area contributed by atoms with Crippen molar-refractivity contribution in [3.8, 4) is 6.07 Å². The van der Waals surface area contributed by atoms with E-state index < -0.39 is 5.82 Å². The van der Waals surface area contributed by atoms with Gasteiger partial charge in [0.05, 0.1) is 5.69 Å². The second kappa shape index (κ2) is 7.71. The van der Waals surface area contributed by atoms with Gasteiger partial charge in [0.1, 0.15) is 17.4 Å². The standard InChI is InChI=1S/C15H21FN2/c1-3-4-5-6-8-12(2)18-15-10-7-9-14(16)13(15)11-17/h7,9-10,12,18H,3-6,8H2,1-2H3. The molecule has 1 aromatic rings. The summed E-state index contributed by atoms with van der Waals surface area (Å²) >= 11 is 0. The molecule has 1 N–H and O–H groups in total. The minimum atomic E-state index is -0.458. The minimum absolute atomic E-state index is 0.109. The van der Waals surface area contributed by atoms with Gasteiger partial charge in [0.25, 0.3) is 0 Å². The third kappa shape index (κ3) is 4.37. The topological polar surface area (TPSA) is 35.8 Å². The quantitative estimate of drug-likeness (QED) is 0.723. The van der Waals surface area contributed by atoms with Crippen LogP contribution in [0.4, 0.5) is 10.1 Å². The number of nitrogens with one attached hydrogen (secondary N) is 1. The lowest BCUT2D eigenvalue weighted by molar-refractivity contribution is 0.592. The molecule has 0 saturated carbocycles. The number of halogens is 1. The molecule has 0 bridgehead atoms. The van der Waals surface area contributed by atoms with Crippen LogP contribution in [0, 0.1) is 17.1 Å². The molecule has 1 aromatic carbocycles. The molecule has 18 heavy (non-hydrogen) atoms. The second-order valence-corrected chi connectivity index (χ2v) is 4.67. The van der Waals surface area contributed by atoms with Crippen molar-refractivity contribution in [1.29, 1.82) is 5.26 Å². The van der Waals surface area contributed by atoms with Gasteiger partial charge in [0.15, 0.2) is 0 Å². The molecule has 1 unspecified atom stereocenters. The van der Waals surface area contributed by atoms with Gasteiger partial charge >= 0.3 is 0 Å². The molecule has 0 aliphatic rings. The van der Waals surface area contributed by atoms with Gasteiger partial charge in [-0.25, -0.2) is 4.39 Å². The molecule has 0 heterocycles. The maximum Gasteiger partial charge on any atom is 0.143 e. The molecule has 0 amide bonds. The molecular formula is C15H21FN2. The largest absolute Gasteiger partial charge is 0.381 e. The molecule has 1 rings (SSSR count). The van der Waals surface area contributed by atoms with E-state index in [4.69, 9.17) is 5.26 Å². The van der Waals surface area contributed by atoms with Crippen molar-refractivity contribution in [3.63, 3.8) is 0 Å². The van der Waals surface area contributed by atoms with Crippen LogP contribution >= 0.6 is 0 Å². The summed E-state index contributed by atoms with van der Waals surface area (Å²) in [6.07, 6.45) is 5.93. The van der Waals surface area contributed by atoms with Crippen LogP contribution in [-0.2, 0) is 0 Å². The fourth-order valence-electron chi connectivity index (χ4n) is 1.97. The predicted molar refractivity (Wildman–Crippen MR) is 73.0 cm³/mol. The highest BCUT2D eigenvalue weighted by atomic mass is 19.1. The Balaban J connectivity index is 2.52. The molecule has 98 valence electrons. The second-order valence-electron chi connectivity index (χ2n) is 4.67. The number of hydrogen-bond acceptors (Lipinski definition) is 2. The van der Waals surface area contributed by atoms with Crippen molar-refractivity contribution in [2.24, 2.45) is 0 Å². The summed E-state index contributed by atoms with van der Waals surface area (Å²) in [6.45, 7) is 4.26. The first-order valence-corrected chi connectivity index (χ1v) is 6.64. The number of hydrogen-bond donors (Lipinski definition) is 1. The Labute approximate surface area is 109 Å². The Morgan fingerprint density at radius 1 is 1.33 bits per heavy atom. The van der Waals surface area contributed by atoms with Crippen LogP contribution in [0.15, 0.2) is 18.2 Å². The van der Waals surface area contributed by atoms with Gasteiger partial charge in [-0.05, 0) is 25.5 Å². The van der Waals surface area contributed by atoms with Gasteiger partial charge in [0.2, 0.25) is 0 Å². The number of nitriles is 1. The fraction of sp³-hybridized carbons (Fsp3) is 0.533. The summed E-state index contributed by atoms with van der Waals surface area (Å²) in [5.74, 6) is -0.458. The highest BCUT2D eigenvalue weighted by Gasteiger charge is 2.09. The van der Waals surface area contributed by atoms with Gasteiger partial charge < -0.3 is 5.32 Å². The Morgan fingerprint density at radius 3 is 2.78 bits per heavy atom. The van der Waals surface area contributed by atoms with E-state index in [0.717, 1.165) is 6.42 Å². The summed E-state index contributed by atoms with van der Waals surface area (Å²) in [6, 6.07) is 6.86. The van der Waals surface area contributed by atoms with Crippen LogP contribution in [0.5, 0.6) is 0 Å². The van der Waals surface area contributed by atoms with Gasteiger partial charge in [-0.2, -0.15) is 5.26 Å². The fourth-order valence-corrected chi connectivity index (χ4v) is 1.97. The molecule has 0 radical (unpaired) electrons. The van der Waals surface area contributed by atoms with E-state index >= 15 is 0 Å². The van der Waals surface area contributed by atoms with E-state index in [-0.39, 0.29) is 11.6 Å². The van der Waals surface area contributed by atoms with Crippen molar-refractivity contribution in [1.82, 2.24) is 0 Å². The van der Waals surface area contributed by atoms with Crippen LogP contribution in [0.3, 0.4) is 0 Å². The minimum Gasteiger partial charge on any atom is -0.381 e. The van der Waals surface area contributed by atoms with Crippen molar-refractivity contribution >= 4 is 5.69 Å². The Morgan fingerprint density at radius 2 is 2.11 bits per heavy atom. The van der Waals surface area contributed by atoms with Gasteiger partial charge in [-0.1, -0.05) is 38.7 Å². The number of unbranched alkanes of at least 4 members (excludes halogenated alkanes) is 3. The molecule has 0 spiro atoms. The summed E-state index contributed by atoms with van der Waals surface area (Å²) in [4.78, 5) is 0. The lowest BCUT2D eigenvalue weighted by Gasteiger charge is -2.16.